The second kappa shape index (κ2) is 5.05. The number of aryl methyl sites for hydroxylation is 2. The van der Waals surface area contributed by atoms with E-state index in [0.717, 1.165) is 5.82 Å². The van der Waals surface area contributed by atoms with Gasteiger partial charge >= 0.3 is 0 Å². The maximum Gasteiger partial charge on any atom is 0.180 e. The highest BCUT2D eigenvalue weighted by molar-refractivity contribution is 7.91. The molecular weight excluding hydrogens is 262 g/mol. The first-order valence-corrected chi connectivity index (χ1v) is 7.62. The molecule has 0 radical (unpaired) electrons. The quantitative estimate of drug-likeness (QED) is 0.861. The van der Waals surface area contributed by atoms with Gasteiger partial charge in [0, 0.05) is 24.6 Å². The molecule has 0 unspecified atom stereocenters. The molecule has 1 heterocycles. The summed E-state index contributed by atoms with van der Waals surface area (Å²) in [6.45, 7) is 3.96. The van der Waals surface area contributed by atoms with Crippen molar-refractivity contribution in [2.24, 2.45) is 0 Å². The van der Waals surface area contributed by atoms with Crippen LogP contribution in [0.15, 0.2) is 35.5 Å². The predicted molar refractivity (Wildman–Crippen MR) is 74.6 cm³/mol. The molecule has 0 saturated carbocycles. The fraction of sp³-hybridized carbons (Fsp3) is 0.308. The Morgan fingerprint density at radius 3 is 2.68 bits per heavy atom. The van der Waals surface area contributed by atoms with Gasteiger partial charge in [-0.2, -0.15) is 0 Å². The van der Waals surface area contributed by atoms with Gasteiger partial charge < -0.3 is 10.3 Å². The first-order chi connectivity index (χ1) is 8.92. The standard InChI is InChI=1S/C13H17N3O2S/c1-10-12(14)4-3-5-13(10)19(17,18)9-8-16-7-6-15-11(16)2/h3-7H,8-9,14H2,1-2H3. The summed E-state index contributed by atoms with van der Waals surface area (Å²) >= 11 is 0. The Morgan fingerprint density at radius 1 is 1.32 bits per heavy atom. The molecule has 0 aliphatic carbocycles. The van der Waals surface area contributed by atoms with E-state index in [1.54, 1.807) is 37.5 Å². The Labute approximate surface area is 113 Å². The third-order valence-electron chi connectivity index (χ3n) is 3.19. The summed E-state index contributed by atoms with van der Waals surface area (Å²) in [7, 11) is -3.33. The van der Waals surface area contributed by atoms with Crippen LogP contribution in [0.2, 0.25) is 0 Å². The van der Waals surface area contributed by atoms with Crippen LogP contribution >= 0.6 is 0 Å². The Morgan fingerprint density at radius 2 is 2.05 bits per heavy atom. The van der Waals surface area contributed by atoms with Crippen molar-refractivity contribution >= 4 is 15.5 Å². The normalized spacial score (nSPS) is 11.7. The molecular formula is C13H17N3O2S. The molecule has 1 aromatic carbocycles. The highest BCUT2D eigenvalue weighted by Gasteiger charge is 2.18. The number of nitrogens with two attached hydrogens (primary N) is 1. The van der Waals surface area contributed by atoms with Gasteiger partial charge in [-0.1, -0.05) is 6.07 Å². The molecule has 2 N–H and O–H groups in total. The first kappa shape index (κ1) is 13.6. The summed E-state index contributed by atoms with van der Waals surface area (Å²) in [6, 6.07) is 4.97. The van der Waals surface area contributed by atoms with Crippen LogP contribution in [0.1, 0.15) is 11.4 Å². The van der Waals surface area contributed by atoms with Crippen LogP contribution in [-0.4, -0.2) is 23.7 Å². The zero-order valence-electron chi connectivity index (χ0n) is 11.0. The molecule has 0 aliphatic rings. The zero-order valence-corrected chi connectivity index (χ0v) is 11.8. The van der Waals surface area contributed by atoms with Crippen LogP contribution in [0.25, 0.3) is 0 Å². The van der Waals surface area contributed by atoms with E-state index >= 15 is 0 Å². The van der Waals surface area contributed by atoms with Gasteiger partial charge in [0.1, 0.15) is 5.82 Å². The monoisotopic (exact) mass is 279 g/mol. The SMILES string of the molecule is Cc1c(N)cccc1S(=O)(=O)CCn1ccnc1C. The molecule has 0 amide bonds. The Kier molecular flexibility index (Phi) is 3.61. The van der Waals surface area contributed by atoms with Gasteiger partial charge in [0.05, 0.1) is 10.6 Å². The summed E-state index contributed by atoms with van der Waals surface area (Å²) in [5.74, 6) is 0.841. The lowest BCUT2D eigenvalue weighted by atomic mass is 10.2. The number of hydrogen-bond acceptors (Lipinski definition) is 4. The molecule has 0 bridgehead atoms. The smallest absolute Gasteiger partial charge is 0.180 e. The molecule has 2 aromatic rings. The van der Waals surface area contributed by atoms with Crippen LogP contribution < -0.4 is 5.73 Å². The molecule has 0 fully saturated rings. The van der Waals surface area contributed by atoms with Gasteiger partial charge in [-0.15, -0.1) is 0 Å². The number of aromatic nitrogens is 2. The van der Waals surface area contributed by atoms with Crippen molar-refractivity contribution in [3.05, 3.63) is 42.0 Å². The van der Waals surface area contributed by atoms with E-state index in [-0.39, 0.29) is 5.75 Å². The molecule has 0 aliphatic heterocycles. The molecule has 0 atom stereocenters. The third kappa shape index (κ3) is 2.78. The second-order valence-electron chi connectivity index (χ2n) is 4.46. The fourth-order valence-electron chi connectivity index (χ4n) is 1.94. The lowest BCUT2D eigenvalue weighted by Crippen LogP contribution is -2.15. The van der Waals surface area contributed by atoms with Crippen LogP contribution in [0.3, 0.4) is 0 Å². The van der Waals surface area contributed by atoms with E-state index in [0.29, 0.717) is 22.7 Å². The van der Waals surface area contributed by atoms with Crippen molar-refractivity contribution in [2.45, 2.75) is 25.3 Å². The highest BCUT2D eigenvalue weighted by atomic mass is 32.2. The fourth-order valence-corrected chi connectivity index (χ4v) is 3.46. The molecule has 1 aromatic heterocycles. The lowest BCUT2D eigenvalue weighted by Gasteiger charge is -2.10. The molecule has 2 rings (SSSR count). The topological polar surface area (TPSA) is 78.0 Å². The average Bonchev–Trinajstić information content (AvgIpc) is 2.76. The molecule has 0 saturated heterocycles. The number of imidazole rings is 1. The van der Waals surface area contributed by atoms with Crippen LogP contribution in [0, 0.1) is 13.8 Å². The van der Waals surface area contributed by atoms with Gasteiger partial charge in [0.25, 0.3) is 0 Å². The van der Waals surface area contributed by atoms with Crippen molar-refractivity contribution < 1.29 is 8.42 Å². The second-order valence-corrected chi connectivity index (χ2v) is 6.53. The van der Waals surface area contributed by atoms with Crippen LogP contribution in [0.4, 0.5) is 5.69 Å². The van der Waals surface area contributed by atoms with Gasteiger partial charge in [0.2, 0.25) is 0 Å². The minimum Gasteiger partial charge on any atom is -0.398 e. The summed E-state index contributed by atoms with van der Waals surface area (Å²) < 4.78 is 26.5. The van der Waals surface area contributed by atoms with Crippen LogP contribution in [0.5, 0.6) is 0 Å². The van der Waals surface area contributed by atoms with E-state index in [9.17, 15) is 8.42 Å². The number of anilines is 1. The maximum absolute atomic E-state index is 12.3. The van der Waals surface area contributed by atoms with Gasteiger partial charge in [0.15, 0.2) is 9.84 Å². The number of hydrogen-bond donors (Lipinski definition) is 1. The first-order valence-electron chi connectivity index (χ1n) is 5.97. The lowest BCUT2D eigenvalue weighted by molar-refractivity contribution is 0.587. The van der Waals surface area contributed by atoms with Crippen molar-refractivity contribution in [1.29, 1.82) is 0 Å². The van der Waals surface area contributed by atoms with Gasteiger partial charge in [-0.3, -0.25) is 0 Å². The van der Waals surface area contributed by atoms with Crippen LogP contribution in [-0.2, 0) is 16.4 Å². The van der Waals surface area contributed by atoms with E-state index in [1.165, 1.54) is 0 Å². The Bertz CT molecular complexity index is 690. The molecule has 5 nitrogen and oxygen atoms in total. The largest absolute Gasteiger partial charge is 0.398 e. The Balaban J connectivity index is 2.24. The number of nitrogens with zero attached hydrogens (tertiary/aromatic N) is 2. The van der Waals surface area contributed by atoms with E-state index in [4.69, 9.17) is 5.73 Å². The highest BCUT2D eigenvalue weighted by Crippen LogP contribution is 2.21. The van der Waals surface area contributed by atoms with E-state index in [2.05, 4.69) is 4.98 Å². The van der Waals surface area contributed by atoms with Crippen molar-refractivity contribution in [2.75, 3.05) is 11.5 Å². The number of rotatable bonds is 4. The van der Waals surface area contributed by atoms with E-state index in [1.807, 2.05) is 11.5 Å². The summed E-state index contributed by atoms with van der Waals surface area (Å²) in [4.78, 5) is 4.38. The minimum absolute atomic E-state index is 0.0362. The van der Waals surface area contributed by atoms with Crippen molar-refractivity contribution in [3.8, 4) is 0 Å². The number of nitrogen functional groups attached to an aromatic ring is 1. The summed E-state index contributed by atoms with van der Waals surface area (Å²) in [5, 5.41) is 0. The summed E-state index contributed by atoms with van der Waals surface area (Å²) in [5.41, 5.74) is 6.87. The zero-order chi connectivity index (χ0) is 14.0. The van der Waals surface area contributed by atoms with E-state index < -0.39 is 9.84 Å². The molecule has 0 spiro atoms. The number of benzene rings is 1. The predicted octanol–water partition coefficient (Wildman–Crippen LogP) is 1.56. The average molecular weight is 279 g/mol. The Hall–Kier alpha value is -1.82. The maximum atomic E-state index is 12.3. The van der Waals surface area contributed by atoms with Crippen molar-refractivity contribution in [3.63, 3.8) is 0 Å². The molecule has 6 heteroatoms. The molecule has 102 valence electrons. The molecule has 19 heavy (non-hydrogen) atoms. The third-order valence-corrected chi connectivity index (χ3v) is 5.02. The minimum atomic E-state index is -3.33. The number of sulfone groups is 1. The van der Waals surface area contributed by atoms with Crippen molar-refractivity contribution in [1.82, 2.24) is 9.55 Å². The summed E-state index contributed by atoms with van der Waals surface area (Å²) in [6.07, 6.45) is 3.44. The van der Waals surface area contributed by atoms with Gasteiger partial charge in [-0.05, 0) is 31.5 Å². The van der Waals surface area contributed by atoms with Gasteiger partial charge in [-0.25, -0.2) is 13.4 Å².